The Morgan fingerprint density at radius 3 is 2.33 bits per heavy atom. The summed E-state index contributed by atoms with van der Waals surface area (Å²) in [5.41, 5.74) is 18.4. The smallest absolute Gasteiger partial charge is 0.222 e. The Bertz CT molecular complexity index is 2160. The maximum atomic E-state index is 3.98. The lowest BCUT2D eigenvalue weighted by molar-refractivity contribution is 0.707. The van der Waals surface area contributed by atoms with Crippen molar-refractivity contribution in [3.63, 3.8) is 0 Å². The van der Waals surface area contributed by atoms with Gasteiger partial charge in [0.05, 0.1) is 11.6 Å². The summed E-state index contributed by atoms with van der Waals surface area (Å²) in [5, 5.41) is 1.25. The van der Waals surface area contributed by atoms with E-state index in [1.54, 1.807) is 0 Å². The molecule has 226 valence electrons. The van der Waals surface area contributed by atoms with Gasteiger partial charge in [-0.1, -0.05) is 97.9 Å². The average molecular weight is 598 g/mol. The number of hydrogen-bond donors (Lipinski definition) is 0. The first kappa shape index (κ1) is 28.5. The van der Waals surface area contributed by atoms with Crippen molar-refractivity contribution in [1.29, 1.82) is 0 Å². The van der Waals surface area contributed by atoms with Crippen molar-refractivity contribution in [2.24, 2.45) is 0 Å². The van der Waals surface area contributed by atoms with E-state index in [1.165, 1.54) is 83.8 Å². The molecule has 5 aromatic rings. The fourth-order valence-electron chi connectivity index (χ4n) is 8.76. The lowest BCUT2D eigenvalue weighted by Crippen LogP contribution is -2.61. The van der Waals surface area contributed by atoms with E-state index in [0.29, 0.717) is 18.6 Å². The Morgan fingerprint density at radius 1 is 0.826 bits per heavy atom. The van der Waals surface area contributed by atoms with Crippen LogP contribution in [0.4, 0.5) is 17.1 Å². The predicted molar refractivity (Wildman–Crippen MR) is 200 cm³/mol. The van der Waals surface area contributed by atoms with Gasteiger partial charge in [0.1, 0.15) is 0 Å². The molecule has 0 saturated heterocycles. The molecule has 0 amide bonds. The van der Waals surface area contributed by atoms with Crippen LogP contribution in [0.5, 0.6) is 0 Å². The third-order valence-corrected chi connectivity index (χ3v) is 11.0. The largest absolute Gasteiger partial charge is 0.345 e. The Balaban J connectivity index is 1.43. The van der Waals surface area contributed by atoms with Crippen LogP contribution in [0.3, 0.4) is 0 Å². The average Bonchev–Trinajstić information content (AvgIpc) is 3.51. The second-order valence-corrected chi connectivity index (χ2v) is 13.1. The highest BCUT2D eigenvalue weighted by Gasteiger charge is 2.50. The second-order valence-electron chi connectivity index (χ2n) is 13.1. The fraction of sp³-hybridized carbons (Fsp3) is 0.190. The number of hydrogen-bond acceptors (Lipinski definition) is 2. The van der Waals surface area contributed by atoms with Crippen molar-refractivity contribution in [1.82, 2.24) is 4.57 Å². The molecule has 0 fully saturated rings. The van der Waals surface area contributed by atoms with Crippen LogP contribution < -0.4 is 20.7 Å². The van der Waals surface area contributed by atoms with Crippen LogP contribution in [-0.2, 0) is 0 Å². The molecule has 4 heteroatoms. The Hall–Kier alpha value is -4.96. The van der Waals surface area contributed by atoms with E-state index in [4.69, 9.17) is 0 Å². The highest BCUT2D eigenvalue weighted by Crippen LogP contribution is 2.49. The summed E-state index contributed by atoms with van der Waals surface area (Å²) in [4.78, 5) is 5.08. The minimum atomic E-state index is 0.309. The summed E-state index contributed by atoms with van der Waals surface area (Å²) >= 11 is 0. The number of allylic oxidation sites excluding steroid dienone is 4. The van der Waals surface area contributed by atoms with Gasteiger partial charge in [-0.2, -0.15) is 0 Å². The highest BCUT2D eigenvalue weighted by molar-refractivity contribution is 6.91. The van der Waals surface area contributed by atoms with Gasteiger partial charge in [-0.15, -0.1) is 0 Å². The van der Waals surface area contributed by atoms with Crippen LogP contribution in [0.2, 0.25) is 5.82 Å². The molecular weight excluding hydrogens is 557 g/mol. The molecule has 0 N–H and O–H groups in total. The highest BCUT2D eigenvalue weighted by atomic mass is 15.2. The van der Waals surface area contributed by atoms with Crippen molar-refractivity contribution in [3.05, 3.63) is 138 Å². The lowest BCUT2D eigenvalue weighted by Gasteiger charge is -2.48. The van der Waals surface area contributed by atoms with Crippen LogP contribution in [-0.4, -0.2) is 24.4 Å². The van der Waals surface area contributed by atoms with E-state index in [0.717, 1.165) is 0 Å². The molecule has 8 rings (SSSR count). The monoisotopic (exact) mass is 597 g/mol. The van der Waals surface area contributed by atoms with E-state index < -0.39 is 0 Å². The third-order valence-electron chi connectivity index (χ3n) is 11.0. The van der Waals surface area contributed by atoms with Crippen molar-refractivity contribution < 1.29 is 0 Å². The number of anilines is 3. The molecule has 3 nitrogen and oxygen atoms in total. The van der Waals surface area contributed by atoms with E-state index in [-0.39, 0.29) is 0 Å². The maximum absolute atomic E-state index is 3.98. The zero-order valence-corrected chi connectivity index (χ0v) is 27.7. The van der Waals surface area contributed by atoms with Gasteiger partial charge in [0, 0.05) is 52.1 Å². The minimum Gasteiger partial charge on any atom is -0.345 e. The van der Waals surface area contributed by atoms with Crippen molar-refractivity contribution in [2.75, 3.05) is 16.8 Å². The molecule has 0 spiro atoms. The zero-order chi connectivity index (χ0) is 31.9. The van der Waals surface area contributed by atoms with E-state index in [9.17, 15) is 0 Å². The fourth-order valence-corrected chi connectivity index (χ4v) is 8.76. The lowest BCUT2D eigenvalue weighted by atomic mass is 9.29. The Kier molecular flexibility index (Phi) is 6.54. The summed E-state index contributed by atoms with van der Waals surface area (Å²) in [6, 6.07) is 31.8. The molecule has 0 radical (unpaired) electrons. The number of aromatic nitrogens is 1. The van der Waals surface area contributed by atoms with Gasteiger partial charge in [0.15, 0.2) is 0 Å². The first-order chi connectivity index (χ1) is 22.3. The van der Waals surface area contributed by atoms with E-state index in [2.05, 4.69) is 166 Å². The molecule has 0 saturated carbocycles. The summed E-state index contributed by atoms with van der Waals surface area (Å²) < 4.78 is 2.47. The van der Waals surface area contributed by atoms with Gasteiger partial charge in [0.2, 0.25) is 6.71 Å². The van der Waals surface area contributed by atoms with Crippen LogP contribution in [0.25, 0.3) is 33.8 Å². The molecule has 46 heavy (non-hydrogen) atoms. The number of rotatable bonds is 4. The number of nitrogens with zero attached hydrogens (tertiary/aromatic N) is 3. The molecule has 3 aliphatic heterocycles. The number of fused-ring (bicyclic) bond motifs is 5. The van der Waals surface area contributed by atoms with Gasteiger partial charge in [0.25, 0.3) is 0 Å². The van der Waals surface area contributed by atoms with E-state index in [1.807, 2.05) is 6.08 Å². The van der Waals surface area contributed by atoms with Crippen LogP contribution in [0.1, 0.15) is 39.0 Å². The standard InChI is InChI=1S/C42H40BN3/c1-8-10-18-34-29(6)45(37-22-21-31(23-35(34)37)30-16-12-11-13-17-30)32-24-39-41-40(25-32)46-28(5)26(3)33(9-2)42(46)27(4)43(41)36-19-14-15-20-38(36)44(39)7/h8-25,27,42H,1H2,2-7H3/b18-10-,33-9-. The molecule has 0 bridgehead atoms. The molecule has 4 aromatic carbocycles. The molecular formula is C42H40BN3. The summed E-state index contributed by atoms with van der Waals surface area (Å²) in [6.45, 7) is 15.8. The molecule has 2 atom stereocenters. The molecule has 4 heterocycles. The Morgan fingerprint density at radius 2 is 1.57 bits per heavy atom. The molecule has 1 aromatic heterocycles. The van der Waals surface area contributed by atoms with Gasteiger partial charge < -0.3 is 14.4 Å². The molecule has 2 unspecified atom stereocenters. The van der Waals surface area contributed by atoms with Crippen LogP contribution in [0, 0.1) is 6.92 Å². The zero-order valence-electron chi connectivity index (χ0n) is 27.7. The third kappa shape index (κ3) is 3.86. The van der Waals surface area contributed by atoms with E-state index >= 15 is 0 Å². The first-order valence-electron chi connectivity index (χ1n) is 16.5. The maximum Gasteiger partial charge on any atom is 0.222 e. The van der Waals surface area contributed by atoms with Crippen LogP contribution >= 0.6 is 0 Å². The number of para-hydroxylation sites is 1. The summed E-state index contributed by atoms with van der Waals surface area (Å²) in [6.07, 6.45) is 8.48. The van der Waals surface area contributed by atoms with Gasteiger partial charge in [-0.05, 0) is 91.6 Å². The van der Waals surface area contributed by atoms with Crippen molar-refractivity contribution in [3.8, 4) is 16.8 Å². The summed E-state index contributed by atoms with van der Waals surface area (Å²) in [7, 11) is 2.24. The number of benzene rings is 4. The normalized spacial score (nSPS) is 19.3. The SMILES string of the molecule is C=C/C=C\c1c(C)n(-c2cc3c4c(c2)N2C(C)=C(C)/C(=C/C)C2C(C)B4c2ccccc2N3C)c2ccc(-c3ccccc3)cc12. The van der Waals surface area contributed by atoms with Crippen molar-refractivity contribution in [2.45, 2.75) is 46.5 Å². The first-order valence-corrected chi connectivity index (χ1v) is 16.5. The van der Waals surface area contributed by atoms with Gasteiger partial charge >= 0.3 is 0 Å². The van der Waals surface area contributed by atoms with Crippen LogP contribution in [0.15, 0.2) is 127 Å². The minimum absolute atomic E-state index is 0.309. The second kappa shape index (κ2) is 10.6. The van der Waals surface area contributed by atoms with Gasteiger partial charge in [-0.3, -0.25) is 0 Å². The topological polar surface area (TPSA) is 11.4 Å². The Labute approximate surface area is 273 Å². The predicted octanol–water partition coefficient (Wildman–Crippen LogP) is 9.33. The quantitative estimate of drug-likeness (QED) is 0.151. The van der Waals surface area contributed by atoms with Crippen molar-refractivity contribution >= 4 is 51.7 Å². The molecule has 0 aliphatic carbocycles. The summed E-state index contributed by atoms with van der Waals surface area (Å²) in [5.74, 6) is 0.423. The van der Waals surface area contributed by atoms with Gasteiger partial charge in [-0.25, -0.2) is 0 Å². The molecule has 3 aliphatic rings.